The molecule has 0 radical (unpaired) electrons. The second kappa shape index (κ2) is 5.69. The summed E-state index contributed by atoms with van der Waals surface area (Å²) in [6, 6.07) is 4.57. The van der Waals surface area contributed by atoms with Crippen LogP contribution in [0.5, 0.6) is 5.75 Å². The maximum absolute atomic E-state index is 11.1. The quantitative estimate of drug-likeness (QED) is 0.413. The number of nitrogens with two attached hydrogens (primary N) is 2. The minimum absolute atomic E-state index is 0.0766. The van der Waals surface area contributed by atoms with Crippen LogP contribution in [0.3, 0.4) is 0 Å². The molecule has 1 unspecified atom stereocenters. The zero-order valence-corrected chi connectivity index (χ0v) is 9.62. The van der Waals surface area contributed by atoms with E-state index in [0.717, 1.165) is 0 Å². The first-order valence-corrected chi connectivity index (χ1v) is 5.04. The highest BCUT2D eigenvalue weighted by Crippen LogP contribution is 2.28. The maximum atomic E-state index is 11.1. The molecule has 0 saturated carbocycles. The summed E-state index contributed by atoms with van der Waals surface area (Å²) in [6.45, 7) is 0. The summed E-state index contributed by atoms with van der Waals surface area (Å²) in [6.07, 6.45) is 0.0766. The second-order valence-corrected chi connectivity index (χ2v) is 3.70. The Labute approximate surface area is 98.7 Å². The van der Waals surface area contributed by atoms with Gasteiger partial charge in [-0.15, -0.1) is 0 Å². The summed E-state index contributed by atoms with van der Waals surface area (Å²) in [5.41, 5.74) is 8.57. The monoisotopic (exact) mass is 243 g/mol. The highest BCUT2D eigenvalue weighted by atomic mass is 35.5. The molecule has 88 valence electrons. The van der Waals surface area contributed by atoms with Gasteiger partial charge in [-0.3, -0.25) is 10.2 Å². The van der Waals surface area contributed by atoms with E-state index in [1.165, 1.54) is 7.11 Å². The summed E-state index contributed by atoms with van der Waals surface area (Å²) in [4.78, 5) is 11.1. The molecule has 0 saturated heterocycles. The van der Waals surface area contributed by atoms with Gasteiger partial charge in [0.2, 0.25) is 5.91 Å². The van der Waals surface area contributed by atoms with Gasteiger partial charge in [0.1, 0.15) is 5.75 Å². The number of hydrazine groups is 1. The smallest absolute Gasteiger partial charge is 0.235 e. The number of hydrogen-bond acceptors (Lipinski definition) is 4. The van der Waals surface area contributed by atoms with E-state index < -0.39 is 6.04 Å². The third kappa shape index (κ3) is 3.10. The van der Waals surface area contributed by atoms with Crippen LogP contribution < -0.4 is 21.7 Å². The van der Waals surface area contributed by atoms with Crippen LogP contribution in [0.25, 0.3) is 0 Å². The highest BCUT2D eigenvalue weighted by molar-refractivity contribution is 6.30. The van der Waals surface area contributed by atoms with E-state index in [1.54, 1.807) is 18.2 Å². The van der Waals surface area contributed by atoms with E-state index in [9.17, 15) is 4.79 Å². The van der Waals surface area contributed by atoms with Crippen LogP contribution in [0, 0.1) is 0 Å². The highest BCUT2D eigenvalue weighted by Gasteiger charge is 2.15. The molecule has 0 spiro atoms. The third-order valence-electron chi connectivity index (χ3n) is 2.16. The first-order valence-electron chi connectivity index (χ1n) is 4.67. The van der Waals surface area contributed by atoms with Crippen LogP contribution in [-0.2, 0) is 4.79 Å². The molecule has 1 rings (SSSR count). The van der Waals surface area contributed by atoms with Gasteiger partial charge in [-0.2, -0.15) is 0 Å². The van der Waals surface area contributed by atoms with Crippen LogP contribution in [0.2, 0.25) is 5.02 Å². The molecule has 1 atom stereocenters. The minimum atomic E-state index is -0.503. The minimum Gasteiger partial charge on any atom is -0.496 e. The molecule has 1 aromatic rings. The van der Waals surface area contributed by atoms with Gasteiger partial charge < -0.3 is 10.5 Å². The molecule has 0 aliphatic carbocycles. The van der Waals surface area contributed by atoms with Crippen LogP contribution in [0.15, 0.2) is 18.2 Å². The van der Waals surface area contributed by atoms with Crippen LogP contribution in [-0.4, -0.2) is 13.0 Å². The number of methoxy groups -OCH3 is 1. The van der Waals surface area contributed by atoms with E-state index in [1.807, 2.05) is 5.43 Å². The summed E-state index contributed by atoms with van der Waals surface area (Å²) in [5.74, 6) is 5.25. The lowest BCUT2D eigenvalue weighted by Crippen LogP contribution is -2.32. The van der Waals surface area contributed by atoms with Gasteiger partial charge in [-0.25, -0.2) is 5.84 Å². The Morgan fingerprint density at radius 1 is 1.62 bits per heavy atom. The van der Waals surface area contributed by atoms with Crippen LogP contribution >= 0.6 is 11.6 Å². The fraction of sp³-hybridized carbons (Fsp3) is 0.300. The summed E-state index contributed by atoms with van der Waals surface area (Å²) in [5, 5.41) is 0.541. The third-order valence-corrected chi connectivity index (χ3v) is 2.39. The number of halogens is 1. The summed E-state index contributed by atoms with van der Waals surface area (Å²) in [7, 11) is 1.53. The van der Waals surface area contributed by atoms with Gasteiger partial charge in [-0.05, 0) is 18.2 Å². The normalized spacial score (nSPS) is 12.0. The van der Waals surface area contributed by atoms with E-state index in [4.69, 9.17) is 27.9 Å². The first-order chi connectivity index (χ1) is 7.58. The molecular weight excluding hydrogens is 230 g/mol. The van der Waals surface area contributed by atoms with Crippen molar-refractivity contribution in [1.29, 1.82) is 0 Å². The molecular formula is C10H14ClN3O2. The lowest BCUT2D eigenvalue weighted by atomic mass is 10.0. The van der Waals surface area contributed by atoms with Crippen molar-refractivity contribution in [1.82, 2.24) is 5.43 Å². The molecule has 0 bridgehead atoms. The Kier molecular flexibility index (Phi) is 4.54. The van der Waals surface area contributed by atoms with Crippen molar-refractivity contribution in [2.24, 2.45) is 11.6 Å². The van der Waals surface area contributed by atoms with Gasteiger partial charge >= 0.3 is 0 Å². The van der Waals surface area contributed by atoms with Gasteiger partial charge in [0.05, 0.1) is 7.11 Å². The topological polar surface area (TPSA) is 90.4 Å². The van der Waals surface area contributed by atoms with Crippen molar-refractivity contribution in [2.75, 3.05) is 7.11 Å². The molecule has 1 amide bonds. The molecule has 0 aliphatic heterocycles. The molecule has 0 heterocycles. The lowest BCUT2D eigenvalue weighted by Gasteiger charge is -2.15. The zero-order valence-electron chi connectivity index (χ0n) is 8.87. The van der Waals surface area contributed by atoms with Gasteiger partial charge in [0, 0.05) is 23.0 Å². The molecule has 0 aromatic heterocycles. The van der Waals surface area contributed by atoms with Gasteiger partial charge in [-0.1, -0.05) is 11.6 Å². The average Bonchev–Trinajstić information content (AvgIpc) is 2.28. The number of benzene rings is 1. The zero-order chi connectivity index (χ0) is 12.1. The largest absolute Gasteiger partial charge is 0.496 e. The Hall–Kier alpha value is -1.30. The molecule has 5 nitrogen and oxygen atoms in total. The molecule has 0 aliphatic rings. The van der Waals surface area contributed by atoms with E-state index in [-0.39, 0.29) is 12.3 Å². The van der Waals surface area contributed by atoms with Gasteiger partial charge in [0.15, 0.2) is 0 Å². The van der Waals surface area contributed by atoms with Crippen LogP contribution in [0.4, 0.5) is 0 Å². The Morgan fingerprint density at radius 2 is 2.31 bits per heavy atom. The van der Waals surface area contributed by atoms with Gasteiger partial charge in [0.25, 0.3) is 0 Å². The van der Waals surface area contributed by atoms with Crippen molar-refractivity contribution >= 4 is 17.5 Å². The second-order valence-electron chi connectivity index (χ2n) is 3.26. The SMILES string of the molecule is COc1ccc(Cl)cc1C(N)CC(=O)NN. The average molecular weight is 244 g/mol. The molecule has 16 heavy (non-hydrogen) atoms. The van der Waals surface area contributed by atoms with E-state index in [0.29, 0.717) is 16.3 Å². The number of rotatable bonds is 4. The molecule has 0 fully saturated rings. The van der Waals surface area contributed by atoms with Crippen molar-refractivity contribution < 1.29 is 9.53 Å². The molecule has 5 N–H and O–H groups in total. The predicted molar refractivity (Wildman–Crippen MR) is 61.9 cm³/mol. The van der Waals surface area contributed by atoms with E-state index >= 15 is 0 Å². The Balaban J connectivity index is 2.92. The molecule has 1 aromatic carbocycles. The number of hydrogen-bond donors (Lipinski definition) is 3. The van der Waals surface area contributed by atoms with E-state index in [2.05, 4.69) is 0 Å². The number of carbonyl (C=O) groups excluding carboxylic acids is 1. The first kappa shape index (κ1) is 12.8. The number of amides is 1. The maximum Gasteiger partial charge on any atom is 0.235 e. The summed E-state index contributed by atoms with van der Waals surface area (Å²) < 4.78 is 5.14. The van der Waals surface area contributed by atoms with Crippen LogP contribution in [0.1, 0.15) is 18.0 Å². The fourth-order valence-electron chi connectivity index (χ4n) is 1.36. The van der Waals surface area contributed by atoms with Crippen molar-refractivity contribution in [3.63, 3.8) is 0 Å². The lowest BCUT2D eigenvalue weighted by molar-refractivity contribution is -0.121. The number of carbonyl (C=O) groups is 1. The number of ether oxygens (including phenoxy) is 1. The van der Waals surface area contributed by atoms with Crippen molar-refractivity contribution in [3.05, 3.63) is 28.8 Å². The summed E-state index contributed by atoms with van der Waals surface area (Å²) >= 11 is 5.85. The molecule has 6 heteroatoms. The van der Waals surface area contributed by atoms with Crippen molar-refractivity contribution in [2.45, 2.75) is 12.5 Å². The Morgan fingerprint density at radius 3 is 2.88 bits per heavy atom. The number of nitrogens with one attached hydrogen (secondary N) is 1. The standard InChI is InChI=1S/C10H14ClN3O2/c1-16-9-3-2-6(11)4-7(9)8(12)5-10(15)14-13/h2-4,8H,5,12-13H2,1H3,(H,14,15). The predicted octanol–water partition coefficient (Wildman–Crippen LogP) is 0.728. The Bertz CT molecular complexity index is 384. The fourth-order valence-corrected chi connectivity index (χ4v) is 1.54. The van der Waals surface area contributed by atoms with Crippen molar-refractivity contribution in [3.8, 4) is 5.75 Å².